The minimum Gasteiger partial charge on any atom is -0.381 e. The third-order valence-corrected chi connectivity index (χ3v) is 6.56. The largest absolute Gasteiger partial charge is 0.381 e. The Bertz CT molecular complexity index is 368. The Morgan fingerprint density at radius 3 is 2.61 bits per heavy atom. The van der Waals surface area contributed by atoms with Crippen LogP contribution in [-0.4, -0.2) is 72.6 Å². The molecule has 3 aliphatic rings. The van der Waals surface area contributed by atoms with Crippen molar-refractivity contribution in [3.8, 4) is 0 Å². The van der Waals surface area contributed by atoms with Crippen molar-refractivity contribution in [2.75, 3.05) is 50.9 Å². The van der Waals surface area contributed by atoms with Crippen LogP contribution >= 0.6 is 11.8 Å². The molecule has 3 saturated heterocycles. The van der Waals surface area contributed by atoms with Gasteiger partial charge in [0.25, 0.3) is 0 Å². The fourth-order valence-electron chi connectivity index (χ4n) is 4.15. The van der Waals surface area contributed by atoms with Crippen molar-refractivity contribution >= 4 is 17.7 Å². The van der Waals surface area contributed by atoms with E-state index in [9.17, 15) is 4.79 Å². The van der Waals surface area contributed by atoms with E-state index in [0.717, 1.165) is 63.2 Å². The second-order valence-electron chi connectivity index (χ2n) is 7.18. The number of hydrogen-bond donors (Lipinski definition) is 0. The number of carbonyl (C=O) groups excluding carboxylic acids is 1. The Labute approximate surface area is 145 Å². The van der Waals surface area contributed by atoms with Gasteiger partial charge in [0.15, 0.2) is 0 Å². The van der Waals surface area contributed by atoms with Gasteiger partial charge >= 0.3 is 0 Å². The Kier molecular flexibility index (Phi) is 7.09. The molecule has 4 nitrogen and oxygen atoms in total. The van der Waals surface area contributed by atoms with Gasteiger partial charge in [0.05, 0.1) is 6.04 Å². The quantitative estimate of drug-likeness (QED) is 0.696. The van der Waals surface area contributed by atoms with Gasteiger partial charge < -0.3 is 9.64 Å². The molecule has 1 unspecified atom stereocenters. The van der Waals surface area contributed by atoms with Gasteiger partial charge in [-0.3, -0.25) is 9.69 Å². The SMILES string of the molecule is O=C(C1CCCN1CCCCC1CCOCC1)N1CCSCC1. The average molecular weight is 341 g/mol. The smallest absolute Gasteiger partial charge is 0.239 e. The molecule has 23 heavy (non-hydrogen) atoms. The van der Waals surface area contributed by atoms with E-state index in [0.29, 0.717) is 5.91 Å². The Morgan fingerprint density at radius 1 is 1.04 bits per heavy atom. The maximum atomic E-state index is 12.8. The number of ether oxygens (including phenoxy) is 1. The minimum absolute atomic E-state index is 0.182. The number of nitrogens with zero attached hydrogens (tertiary/aromatic N) is 2. The van der Waals surface area contributed by atoms with Gasteiger partial charge in [0, 0.05) is 37.8 Å². The van der Waals surface area contributed by atoms with Crippen LogP contribution in [0.1, 0.15) is 44.9 Å². The number of thioether (sulfide) groups is 1. The van der Waals surface area contributed by atoms with Gasteiger partial charge in [-0.1, -0.05) is 12.8 Å². The third kappa shape index (κ3) is 5.10. The van der Waals surface area contributed by atoms with Crippen LogP contribution in [0.15, 0.2) is 0 Å². The predicted octanol–water partition coefficient (Wildman–Crippen LogP) is 2.62. The molecule has 0 N–H and O–H groups in total. The predicted molar refractivity (Wildman–Crippen MR) is 95.9 cm³/mol. The van der Waals surface area contributed by atoms with Crippen molar-refractivity contribution in [1.82, 2.24) is 9.80 Å². The number of likely N-dealkylation sites (tertiary alicyclic amines) is 1. The molecular weight excluding hydrogens is 308 g/mol. The Morgan fingerprint density at radius 2 is 1.83 bits per heavy atom. The van der Waals surface area contributed by atoms with Crippen molar-refractivity contribution < 1.29 is 9.53 Å². The van der Waals surface area contributed by atoms with E-state index in [-0.39, 0.29) is 6.04 Å². The summed E-state index contributed by atoms with van der Waals surface area (Å²) in [5.41, 5.74) is 0. The van der Waals surface area contributed by atoms with Gasteiger partial charge in [-0.2, -0.15) is 11.8 Å². The van der Waals surface area contributed by atoms with Crippen LogP contribution in [0, 0.1) is 5.92 Å². The van der Waals surface area contributed by atoms with Gasteiger partial charge in [-0.15, -0.1) is 0 Å². The lowest BCUT2D eigenvalue weighted by molar-refractivity contribution is -0.135. The molecule has 5 heteroatoms. The lowest BCUT2D eigenvalue weighted by atomic mass is 9.94. The highest BCUT2D eigenvalue weighted by atomic mass is 32.2. The minimum atomic E-state index is 0.182. The molecule has 0 aromatic heterocycles. The molecule has 0 bridgehead atoms. The second-order valence-corrected chi connectivity index (χ2v) is 8.41. The number of amides is 1. The number of rotatable bonds is 6. The van der Waals surface area contributed by atoms with Crippen molar-refractivity contribution in [2.24, 2.45) is 5.92 Å². The topological polar surface area (TPSA) is 32.8 Å². The van der Waals surface area contributed by atoms with Crippen LogP contribution in [0.5, 0.6) is 0 Å². The molecule has 1 atom stereocenters. The van der Waals surface area contributed by atoms with E-state index in [1.165, 1.54) is 38.5 Å². The molecule has 0 aromatic carbocycles. The normalized spacial score (nSPS) is 27.5. The first-order valence-corrected chi connectivity index (χ1v) is 10.7. The van der Waals surface area contributed by atoms with E-state index in [4.69, 9.17) is 4.74 Å². The van der Waals surface area contributed by atoms with Crippen molar-refractivity contribution in [3.05, 3.63) is 0 Å². The molecule has 3 aliphatic heterocycles. The zero-order chi connectivity index (χ0) is 15.9. The molecule has 1 amide bonds. The van der Waals surface area contributed by atoms with Crippen LogP contribution in [-0.2, 0) is 9.53 Å². The summed E-state index contributed by atoms with van der Waals surface area (Å²) < 4.78 is 5.43. The van der Waals surface area contributed by atoms with Crippen LogP contribution in [0.4, 0.5) is 0 Å². The zero-order valence-electron chi connectivity index (χ0n) is 14.4. The van der Waals surface area contributed by atoms with E-state index in [1.807, 2.05) is 11.8 Å². The molecule has 132 valence electrons. The van der Waals surface area contributed by atoms with Gasteiger partial charge in [-0.05, 0) is 51.1 Å². The summed E-state index contributed by atoms with van der Waals surface area (Å²) in [6, 6.07) is 0.182. The Hall–Kier alpha value is -0.260. The van der Waals surface area contributed by atoms with E-state index in [1.54, 1.807) is 0 Å². The molecule has 0 radical (unpaired) electrons. The van der Waals surface area contributed by atoms with E-state index < -0.39 is 0 Å². The third-order valence-electron chi connectivity index (χ3n) is 5.62. The van der Waals surface area contributed by atoms with Gasteiger partial charge in [-0.25, -0.2) is 0 Å². The van der Waals surface area contributed by atoms with Crippen LogP contribution < -0.4 is 0 Å². The lowest BCUT2D eigenvalue weighted by Gasteiger charge is -2.32. The fourth-order valence-corrected chi connectivity index (χ4v) is 5.05. The van der Waals surface area contributed by atoms with Crippen molar-refractivity contribution in [2.45, 2.75) is 51.0 Å². The summed E-state index contributed by atoms with van der Waals surface area (Å²) in [6.45, 7) is 6.07. The molecule has 3 rings (SSSR count). The Balaban J connectivity index is 1.37. The van der Waals surface area contributed by atoms with Gasteiger partial charge in [0.2, 0.25) is 5.91 Å². The van der Waals surface area contributed by atoms with E-state index >= 15 is 0 Å². The highest BCUT2D eigenvalue weighted by molar-refractivity contribution is 7.99. The summed E-state index contributed by atoms with van der Waals surface area (Å²) >= 11 is 1.97. The van der Waals surface area contributed by atoms with Crippen molar-refractivity contribution in [3.63, 3.8) is 0 Å². The summed E-state index contributed by atoms with van der Waals surface area (Å²) in [4.78, 5) is 17.3. The number of hydrogen-bond acceptors (Lipinski definition) is 4. The van der Waals surface area contributed by atoms with Crippen LogP contribution in [0.2, 0.25) is 0 Å². The first-order valence-electron chi connectivity index (χ1n) is 9.53. The monoisotopic (exact) mass is 340 g/mol. The standard InChI is InChI=1S/C18H32N2O2S/c21-18(20-10-14-23-15-11-20)17-5-3-9-19(17)8-2-1-4-16-6-12-22-13-7-16/h16-17H,1-15H2. The van der Waals surface area contributed by atoms with E-state index in [2.05, 4.69) is 9.80 Å². The highest BCUT2D eigenvalue weighted by Gasteiger charge is 2.33. The number of carbonyl (C=O) groups is 1. The molecule has 3 fully saturated rings. The lowest BCUT2D eigenvalue weighted by Crippen LogP contribution is -2.48. The fraction of sp³-hybridized carbons (Fsp3) is 0.944. The van der Waals surface area contributed by atoms with Crippen LogP contribution in [0.3, 0.4) is 0 Å². The highest BCUT2D eigenvalue weighted by Crippen LogP contribution is 2.24. The zero-order valence-corrected chi connectivity index (χ0v) is 15.2. The van der Waals surface area contributed by atoms with Gasteiger partial charge in [0.1, 0.15) is 0 Å². The first kappa shape index (κ1) is 17.6. The second kappa shape index (κ2) is 9.28. The molecule has 3 heterocycles. The number of unbranched alkanes of at least 4 members (excludes halogenated alkanes) is 1. The summed E-state index contributed by atoms with van der Waals surface area (Å²) in [7, 11) is 0. The summed E-state index contributed by atoms with van der Waals surface area (Å²) in [5.74, 6) is 3.52. The first-order chi connectivity index (χ1) is 11.3. The van der Waals surface area contributed by atoms with Crippen molar-refractivity contribution in [1.29, 1.82) is 0 Å². The molecule has 0 aliphatic carbocycles. The molecular formula is C18H32N2O2S. The molecule has 0 spiro atoms. The summed E-state index contributed by atoms with van der Waals surface area (Å²) in [5, 5.41) is 0. The average Bonchev–Trinajstić information content (AvgIpc) is 3.08. The van der Waals surface area contributed by atoms with Crippen LogP contribution in [0.25, 0.3) is 0 Å². The maximum Gasteiger partial charge on any atom is 0.239 e. The molecule has 0 aromatic rings. The molecule has 0 saturated carbocycles. The summed E-state index contributed by atoms with van der Waals surface area (Å²) in [6.07, 6.45) is 8.66. The maximum absolute atomic E-state index is 12.8.